The molecule has 0 radical (unpaired) electrons. The molecule has 32 heavy (non-hydrogen) atoms. The Hall–Kier alpha value is -3.07. The lowest BCUT2D eigenvalue weighted by atomic mass is 10.1. The molecule has 0 unspecified atom stereocenters. The minimum absolute atomic E-state index is 0.570. The van der Waals surface area contributed by atoms with E-state index in [1.807, 2.05) is 30.5 Å². The summed E-state index contributed by atoms with van der Waals surface area (Å²) in [5, 5.41) is 6.52. The predicted octanol–water partition coefficient (Wildman–Crippen LogP) is 2.79. The van der Waals surface area contributed by atoms with Gasteiger partial charge in [-0.2, -0.15) is 0 Å². The lowest BCUT2D eigenvalue weighted by Crippen LogP contribution is -2.45. The van der Waals surface area contributed by atoms with Crippen molar-refractivity contribution in [3.63, 3.8) is 0 Å². The van der Waals surface area contributed by atoms with Gasteiger partial charge in [0, 0.05) is 69.5 Å². The number of piperazine rings is 1. The molecule has 168 valence electrons. The molecule has 8 nitrogen and oxygen atoms in total. The SMILES string of the molecule is CCN1CCN(Cc2cccc(Nc3nccc(-c4ccc(NCCN)nc4)n3)c2)CC1. The van der Waals surface area contributed by atoms with Gasteiger partial charge in [0.25, 0.3) is 0 Å². The van der Waals surface area contributed by atoms with Crippen LogP contribution in [0.2, 0.25) is 0 Å². The topological polar surface area (TPSA) is 95.2 Å². The van der Waals surface area contributed by atoms with E-state index in [9.17, 15) is 0 Å². The number of pyridine rings is 1. The van der Waals surface area contributed by atoms with Gasteiger partial charge in [0.05, 0.1) is 5.69 Å². The monoisotopic (exact) mass is 432 g/mol. The zero-order valence-electron chi connectivity index (χ0n) is 18.7. The maximum Gasteiger partial charge on any atom is 0.227 e. The molecule has 1 fully saturated rings. The van der Waals surface area contributed by atoms with Crippen molar-refractivity contribution in [2.75, 3.05) is 56.4 Å². The Balaban J connectivity index is 1.40. The van der Waals surface area contributed by atoms with Crippen LogP contribution in [0.1, 0.15) is 12.5 Å². The van der Waals surface area contributed by atoms with E-state index in [0.717, 1.165) is 62.0 Å². The highest BCUT2D eigenvalue weighted by Gasteiger charge is 2.15. The zero-order valence-corrected chi connectivity index (χ0v) is 18.7. The van der Waals surface area contributed by atoms with Crippen LogP contribution < -0.4 is 16.4 Å². The average Bonchev–Trinajstić information content (AvgIpc) is 2.84. The number of nitrogens with one attached hydrogen (secondary N) is 2. The first-order chi connectivity index (χ1) is 15.7. The molecule has 0 saturated carbocycles. The van der Waals surface area contributed by atoms with E-state index in [1.54, 1.807) is 6.20 Å². The normalized spacial score (nSPS) is 14.9. The number of benzene rings is 1. The van der Waals surface area contributed by atoms with Gasteiger partial charge in [0.1, 0.15) is 5.82 Å². The van der Waals surface area contributed by atoms with Gasteiger partial charge in [0.2, 0.25) is 5.95 Å². The van der Waals surface area contributed by atoms with Crippen molar-refractivity contribution < 1.29 is 0 Å². The lowest BCUT2D eigenvalue weighted by molar-refractivity contribution is 0.132. The van der Waals surface area contributed by atoms with Crippen molar-refractivity contribution in [1.29, 1.82) is 0 Å². The van der Waals surface area contributed by atoms with Crippen LogP contribution in [0.15, 0.2) is 54.9 Å². The van der Waals surface area contributed by atoms with Gasteiger partial charge >= 0.3 is 0 Å². The Morgan fingerprint density at radius 3 is 2.59 bits per heavy atom. The van der Waals surface area contributed by atoms with E-state index in [4.69, 9.17) is 5.73 Å². The fourth-order valence-corrected chi connectivity index (χ4v) is 3.83. The number of hydrogen-bond donors (Lipinski definition) is 3. The molecule has 0 bridgehead atoms. The van der Waals surface area contributed by atoms with Gasteiger partial charge in [0.15, 0.2) is 0 Å². The third kappa shape index (κ3) is 6.00. The highest BCUT2D eigenvalue weighted by atomic mass is 15.3. The van der Waals surface area contributed by atoms with Gasteiger partial charge in [-0.25, -0.2) is 15.0 Å². The van der Waals surface area contributed by atoms with Gasteiger partial charge in [-0.3, -0.25) is 4.90 Å². The van der Waals surface area contributed by atoms with E-state index in [0.29, 0.717) is 19.0 Å². The first-order valence-electron chi connectivity index (χ1n) is 11.3. The summed E-state index contributed by atoms with van der Waals surface area (Å²) in [4.78, 5) is 18.5. The van der Waals surface area contributed by atoms with E-state index < -0.39 is 0 Å². The highest BCUT2D eigenvalue weighted by Crippen LogP contribution is 2.21. The second kappa shape index (κ2) is 11.0. The van der Waals surface area contributed by atoms with E-state index in [1.165, 1.54) is 5.56 Å². The van der Waals surface area contributed by atoms with Gasteiger partial charge in [-0.05, 0) is 42.4 Å². The Bertz CT molecular complexity index is 983. The molecule has 8 heteroatoms. The molecular formula is C24H32N8. The van der Waals surface area contributed by atoms with Crippen molar-refractivity contribution >= 4 is 17.5 Å². The van der Waals surface area contributed by atoms with Crippen LogP contribution in [0.5, 0.6) is 0 Å². The molecule has 0 atom stereocenters. The Labute approximate surface area is 189 Å². The van der Waals surface area contributed by atoms with Crippen LogP contribution in [-0.4, -0.2) is 70.6 Å². The van der Waals surface area contributed by atoms with Gasteiger partial charge < -0.3 is 21.3 Å². The first kappa shape index (κ1) is 22.1. The van der Waals surface area contributed by atoms with Gasteiger partial charge in [-0.15, -0.1) is 0 Å². The number of rotatable bonds is 9. The summed E-state index contributed by atoms with van der Waals surface area (Å²) in [6.07, 6.45) is 3.58. The van der Waals surface area contributed by atoms with Crippen molar-refractivity contribution in [3.8, 4) is 11.3 Å². The molecule has 4 N–H and O–H groups in total. The molecule has 1 saturated heterocycles. The number of likely N-dealkylation sites (N-methyl/N-ethyl adjacent to an activating group) is 1. The second-order valence-electron chi connectivity index (χ2n) is 7.95. The van der Waals surface area contributed by atoms with E-state index >= 15 is 0 Å². The summed E-state index contributed by atoms with van der Waals surface area (Å²) in [5.41, 5.74) is 9.57. The fourth-order valence-electron chi connectivity index (χ4n) is 3.83. The molecule has 1 aliphatic rings. The standard InChI is InChI=1S/C24H32N8/c1-2-31-12-14-32(15-13-31)18-19-4-3-5-21(16-19)29-24-27-10-8-22(30-24)20-6-7-23(28-17-20)26-11-9-25/h3-8,10,16-17H,2,9,11-15,18,25H2,1H3,(H,26,28)(H,27,29,30). The molecule has 1 aromatic carbocycles. The molecule has 4 rings (SSSR count). The smallest absolute Gasteiger partial charge is 0.227 e. The number of hydrogen-bond acceptors (Lipinski definition) is 8. The van der Waals surface area contributed by atoms with Crippen molar-refractivity contribution in [3.05, 3.63) is 60.4 Å². The molecule has 1 aliphatic heterocycles. The molecule has 2 aromatic heterocycles. The maximum absolute atomic E-state index is 5.53. The summed E-state index contributed by atoms with van der Waals surface area (Å²) in [6.45, 7) is 10.1. The minimum Gasteiger partial charge on any atom is -0.369 e. The maximum atomic E-state index is 5.53. The lowest BCUT2D eigenvalue weighted by Gasteiger charge is -2.34. The summed E-state index contributed by atoms with van der Waals surface area (Å²) in [5.74, 6) is 1.38. The van der Waals surface area contributed by atoms with E-state index in [2.05, 4.69) is 60.5 Å². The third-order valence-electron chi connectivity index (χ3n) is 5.67. The van der Waals surface area contributed by atoms with Crippen molar-refractivity contribution in [2.24, 2.45) is 5.73 Å². The first-order valence-corrected chi connectivity index (χ1v) is 11.3. The van der Waals surface area contributed by atoms with Crippen molar-refractivity contribution in [2.45, 2.75) is 13.5 Å². The molecule has 0 amide bonds. The summed E-state index contributed by atoms with van der Waals surface area (Å²) in [7, 11) is 0. The van der Waals surface area contributed by atoms with Crippen LogP contribution in [0.25, 0.3) is 11.3 Å². The number of aromatic nitrogens is 3. The average molecular weight is 433 g/mol. The fraction of sp³-hybridized carbons (Fsp3) is 0.375. The van der Waals surface area contributed by atoms with Crippen LogP contribution in [0.4, 0.5) is 17.5 Å². The van der Waals surface area contributed by atoms with Gasteiger partial charge in [-0.1, -0.05) is 19.1 Å². The number of anilines is 3. The molecule has 3 heterocycles. The van der Waals surface area contributed by atoms with E-state index in [-0.39, 0.29) is 0 Å². The van der Waals surface area contributed by atoms with Crippen LogP contribution in [0, 0.1) is 0 Å². The van der Waals surface area contributed by atoms with Crippen LogP contribution in [0.3, 0.4) is 0 Å². The quantitative estimate of drug-likeness (QED) is 0.475. The van der Waals surface area contributed by atoms with Crippen LogP contribution in [-0.2, 0) is 6.54 Å². The number of nitrogens with two attached hydrogens (primary N) is 1. The van der Waals surface area contributed by atoms with Crippen molar-refractivity contribution in [1.82, 2.24) is 24.8 Å². The minimum atomic E-state index is 0.570. The largest absolute Gasteiger partial charge is 0.369 e. The molecule has 3 aromatic rings. The predicted molar refractivity (Wildman–Crippen MR) is 130 cm³/mol. The summed E-state index contributed by atoms with van der Waals surface area (Å²) < 4.78 is 0. The number of nitrogens with zero attached hydrogens (tertiary/aromatic N) is 5. The summed E-state index contributed by atoms with van der Waals surface area (Å²) in [6, 6.07) is 14.3. The molecule has 0 spiro atoms. The summed E-state index contributed by atoms with van der Waals surface area (Å²) >= 11 is 0. The Morgan fingerprint density at radius 2 is 1.84 bits per heavy atom. The zero-order chi connectivity index (χ0) is 22.2. The Morgan fingerprint density at radius 1 is 1.00 bits per heavy atom. The Kier molecular flexibility index (Phi) is 7.60. The molecular weight excluding hydrogens is 400 g/mol. The van der Waals surface area contributed by atoms with Crippen LogP contribution >= 0.6 is 0 Å². The highest BCUT2D eigenvalue weighted by molar-refractivity contribution is 5.62. The second-order valence-corrected chi connectivity index (χ2v) is 7.95. The molecule has 0 aliphatic carbocycles. The third-order valence-corrected chi connectivity index (χ3v) is 5.67.